The predicted octanol–water partition coefficient (Wildman–Crippen LogP) is 3.16. The lowest BCUT2D eigenvalue weighted by atomic mass is 9.85. The molecule has 0 saturated carbocycles. The van der Waals surface area contributed by atoms with Crippen LogP contribution in [0.15, 0.2) is 18.2 Å². The summed E-state index contributed by atoms with van der Waals surface area (Å²) in [5.74, 6) is -0.137. The molecule has 0 aliphatic heterocycles. The largest absolute Gasteiger partial charge is 0.341 e. The van der Waals surface area contributed by atoms with Crippen LogP contribution in [-0.2, 0) is 16.8 Å². The van der Waals surface area contributed by atoms with Gasteiger partial charge in [0, 0.05) is 13.6 Å². The lowest BCUT2D eigenvalue weighted by molar-refractivity contribution is -0.129. The average molecular weight is 258 g/mol. The van der Waals surface area contributed by atoms with E-state index in [0.717, 1.165) is 5.56 Å². The number of nitriles is 1. The fourth-order valence-corrected chi connectivity index (χ4v) is 1.89. The molecular weight excluding hydrogens is 236 g/mol. The number of carbonyl (C=O) groups excluding carboxylic acids is 1. The zero-order chi connectivity index (χ0) is 14.6. The molecule has 1 rings (SSSR count). The second-order valence-electron chi connectivity index (χ2n) is 5.98. The number of rotatable bonds is 3. The zero-order valence-electron chi connectivity index (χ0n) is 12.4. The Morgan fingerprint density at radius 2 is 2.00 bits per heavy atom. The highest BCUT2D eigenvalue weighted by Gasteiger charge is 2.15. The van der Waals surface area contributed by atoms with Gasteiger partial charge in [-0.2, -0.15) is 5.26 Å². The second-order valence-corrected chi connectivity index (χ2v) is 5.98. The molecule has 19 heavy (non-hydrogen) atoms. The predicted molar refractivity (Wildman–Crippen MR) is 76.6 cm³/mol. The number of amides is 1. The molecule has 0 atom stereocenters. The number of aryl methyl sites for hydroxylation is 1. The Labute approximate surface area is 115 Å². The molecule has 0 radical (unpaired) electrons. The van der Waals surface area contributed by atoms with E-state index >= 15 is 0 Å². The summed E-state index contributed by atoms with van der Waals surface area (Å²) in [6.45, 7) is 9.17. The van der Waals surface area contributed by atoms with Crippen molar-refractivity contribution in [3.05, 3.63) is 34.9 Å². The van der Waals surface area contributed by atoms with E-state index in [1.807, 2.05) is 6.07 Å². The third kappa shape index (κ3) is 4.10. The van der Waals surface area contributed by atoms with Gasteiger partial charge in [-0.15, -0.1) is 0 Å². The monoisotopic (exact) mass is 258 g/mol. The van der Waals surface area contributed by atoms with Gasteiger partial charge in [-0.3, -0.25) is 4.79 Å². The van der Waals surface area contributed by atoms with Crippen molar-refractivity contribution in [1.29, 1.82) is 5.26 Å². The molecule has 0 spiro atoms. The van der Waals surface area contributed by atoms with Gasteiger partial charge >= 0.3 is 0 Å². The number of carbonyl (C=O) groups is 1. The van der Waals surface area contributed by atoms with Crippen LogP contribution in [0.3, 0.4) is 0 Å². The summed E-state index contributed by atoms with van der Waals surface area (Å²) in [5.41, 5.74) is 3.73. The first kappa shape index (κ1) is 15.2. The number of hydrogen-bond acceptors (Lipinski definition) is 2. The van der Waals surface area contributed by atoms with Crippen molar-refractivity contribution in [3.8, 4) is 6.07 Å². The number of hydrogen-bond donors (Lipinski definition) is 0. The van der Waals surface area contributed by atoms with Gasteiger partial charge < -0.3 is 4.90 Å². The van der Waals surface area contributed by atoms with Crippen molar-refractivity contribution in [2.24, 2.45) is 0 Å². The summed E-state index contributed by atoms with van der Waals surface area (Å²) in [5, 5.41) is 8.53. The maximum absolute atomic E-state index is 11.6. The Morgan fingerprint density at radius 3 is 2.47 bits per heavy atom. The van der Waals surface area contributed by atoms with Crippen LogP contribution in [0.2, 0.25) is 0 Å². The highest BCUT2D eigenvalue weighted by atomic mass is 16.2. The Balaban J connectivity index is 2.87. The molecule has 102 valence electrons. The fraction of sp³-hybridized carbons (Fsp3) is 0.500. The van der Waals surface area contributed by atoms with Gasteiger partial charge in [-0.1, -0.05) is 39.0 Å². The summed E-state index contributed by atoms with van der Waals surface area (Å²) in [6, 6.07) is 8.26. The van der Waals surface area contributed by atoms with Crippen molar-refractivity contribution in [2.75, 3.05) is 7.05 Å². The molecule has 3 heteroatoms. The molecule has 1 aromatic carbocycles. The van der Waals surface area contributed by atoms with E-state index in [1.165, 1.54) is 11.1 Å². The quantitative estimate of drug-likeness (QED) is 0.836. The smallest absolute Gasteiger partial charge is 0.236 e. The van der Waals surface area contributed by atoms with Crippen molar-refractivity contribution in [2.45, 2.75) is 46.1 Å². The second kappa shape index (κ2) is 5.88. The Hall–Kier alpha value is -1.82. The van der Waals surface area contributed by atoms with Crippen LogP contribution in [0.25, 0.3) is 0 Å². The van der Waals surface area contributed by atoms with Gasteiger partial charge in [-0.25, -0.2) is 0 Å². The molecule has 0 aliphatic carbocycles. The Bertz CT molecular complexity index is 506. The van der Waals surface area contributed by atoms with Gasteiger partial charge in [0.1, 0.15) is 6.42 Å². The van der Waals surface area contributed by atoms with Crippen LogP contribution in [0.1, 0.15) is 43.9 Å². The normalized spacial score (nSPS) is 10.9. The first-order valence-corrected chi connectivity index (χ1v) is 6.46. The van der Waals surface area contributed by atoms with Crippen LogP contribution in [-0.4, -0.2) is 17.9 Å². The van der Waals surface area contributed by atoms with E-state index in [-0.39, 0.29) is 17.7 Å². The van der Waals surface area contributed by atoms with Crippen LogP contribution in [0.4, 0.5) is 0 Å². The fourth-order valence-electron chi connectivity index (χ4n) is 1.89. The van der Waals surface area contributed by atoms with E-state index in [9.17, 15) is 4.79 Å². The highest BCUT2D eigenvalue weighted by molar-refractivity contribution is 5.77. The van der Waals surface area contributed by atoms with Crippen molar-refractivity contribution in [3.63, 3.8) is 0 Å². The number of nitrogens with zero attached hydrogens (tertiary/aromatic N) is 2. The van der Waals surface area contributed by atoms with Crippen molar-refractivity contribution >= 4 is 5.91 Å². The Kier molecular flexibility index (Phi) is 4.72. The van der Waals surface area contributed by atoms with Gasteiger partial charge in [0.2, 0.25) is 5.91 Å². The van der Waals surface area contributed by atoms with E-state index in [2.05, 4.69) is 45.9 Å². The van der Waals surface area contributed by atoms with Gasteiger partial charge in [0.05, 0.1) is 6.07 Å². The molecule has 1 amide bonds. The average Bonchev–Trinajstić information content (AvgIpc) is 2.30. The molecule has 0 bridgehead atoms. The topological polar surface area (TPSA) is 44.1 Å². The molecule has 0 fully saturated rings. The maximum atomic E-state index is 11.6. The van der Waals surface area contributed by atoms with Gasteiger partial charge in [-0.05, 0) is 29.0 Å². The van der Waals surface area contributed by atoms with E-state index in [0.29, 0.717) is 6.54 Å². The molecule has 3 nitrogen and oxygen atoms in total. The molecule has 0 saturated heterocycles. The van der Waals surface area contributed by atoms with Gasteiger partial charge in [0.25, 0.3) is 0 Å². The summed E-state index contributed by atoms with van der Waals surface area (Å²) in [6.07, 6.45) is -0.0599. The zero-order valence-corrected chi connectivity index (χ0v) is 12.4. The summed E-state index contributed by atoms with van der Waals surface area (Å²) < 4.78 is 0. The summed E-state index contributed by atoms with van der Waals surface area (Å²) in [4.78, 5) is 13.2. The lowest BCUT2D eigenvalue weighted by Crippen LogP contribution is -2.26. The molecular formula is C16H22N2O. The molecule has 0 aliphatic rings. The number of benzene rings is 1. The van der Waals surface area contributed by atoms with Crippen LogP contribution >= 0.6 is 0 Å². The van der Waals surface area contributed by atoms with Crippen LogP contribution in [0.5, 0.6) is 0 Å². The minimum absolute atomic E-state index is 0.0599. The van der Waals surface area contributed by atoms with Crippen molar-refractivity contribution in [1.82, 2.24) is 4.90 Å². The van der Waals surface area contributed by atoms with E-state index in [4.69, 9.17) is 5.26 Å². The summed E-state index contributed by atoms with van der Waals surface area (Å²) in [7, 11) is 1.73. The minimum Gasteiger partial charge on any atom is -0.341 e. The van der Waals surface area contributed by atoms with Crippen molar-refractivity contribution < 1.29 is 4.79 Å². The first-order valence-electron chi connectivity index (χ1n) is 6.46. The van der Waals surface area contributed by atoms with E-state index < -0.39 is 0 Å². The van der Waals surface area contributed by atoms with Gasteiger partial charge in [0.15, 0.2) is 0 Å². The minimum atomic E-state index is -0.137. The lowest BCUT2D eigenvalue weighted by Gasteiger charge is -2.22. The third-order valence-electron chi connectivity index (χ3n) is 3.27. The SMILES string of the molecule is Cc1cc(C(C)(C)C)ccc1CN(C)C(=O)CC#N. The van der Waals surface area contributed by atoms with Crippen LogP contribution in [0, 0.1) is 18.3 Å². The molecule has 0 heterocycles. The highest BCUT2D eigenvalue weighted by Crippen LogP contribution is 2.24. The standard InChI is InChI=1S/C16H22N2O/c1-12-10-14(16(2,3)4)7-6-13(12)11-18(5)15(19)8-9-17/h6-7,10H,8,11H2,1-5H3. The third-order valence-corrected chi connectivity index (χ3v) is 3.27. The molecule has 1 aromatic rings. The van der Waals surface area contributed by atoms with Crippen LogP contribution < -0.4 is 0 Å². The first-order chi connectivity index (χ1) is 8.75. The Morgan fingerprint density at radius 1 is 1.37 bits per heavy atom. The molecule has 0 aromatic heterocycles. The molecule has 0 unspecified atom stereocenters. The molecule has 0 N–H and O–H groups in total. The summed E-state index contributed by atoms with van der Waals surface area (Å²) >= 11 is 0. The van der Waals surface area contributed by atoms with E-state index in [1.54, 1.807) is 11.9 Å². The maximum Gasteiger partial charge on any atom is 0.236 e.